The molecule has 0 aliphatic heterocycles. The van der Waals surface area contributed by atoms with Gasteiger partial charge < -0.3 is 4.74 Å². The molecule has 4 nitrogen and oxygen atoms in total. The molecular formula is C12H10F3N3O. The normalized spacial score (nSPS) is 11.4. The van der Waals surface area contributed by atoms with Crippen molar-refractivity contribution in [1.82, 2.24) is 15.0 Å². The minimum absolute atomic E-state index is 0.273. The molecule has 0 amide bonds. The van der Waals surface area contributed by atoms with E-state index in [2.05, 4.69) is 21.6 Å². The summed E-state index contributed by atoms with van der Waals surface area (Å²) in [5.41, 5.74) is 1.97. The highest BCUT2D eigenvalue weighted by atomic mass is 19.4. The van der Waals surface area contributed by atoms with E-state index in [0.717, 1.165) is 0 Å². The molecule has 1 aromatic carbocycles. The number of benzene rings is 1. The van der Waals surface area contributed by atoms with E-state index in [1.54, 1.807) is 6.92 Å². The Balaban J connectivity index is 2.28. The standard InChI is InChI=1S/C12H10F3N3O/c1-8(2)18-11(7-16-17-18)9-3-5-10(6-4-9)19-12(13,14)15/h3-7H,1H2,2H3. The van der Waals surface area contributed by atoms with Crippen molar-refractivity contribution in [2.45, 2.75) is 13.3 Å². The lowest BCUT2D eigenvalue weighted by Crippen LogP contribution is -2.16. The van der Waals surface area contributed by atoms with Crippen LogP contribution in [-0.2, 0) is 0 Å². The van der Waals surface area contributed by atoms with E-state index >= 15 is 0 Å². The molecule has 0 spiro atoms. The second-order valence-electron chi connectivity index (χ2n) is 3.84. The molecule has 0 bridgehead atoms. The van der Waals surface area contributed by atoms with E-state index in [1.165, 1.54) is 35.1 Å². The topological polar surface area (TPSA) is 39.9 Å². The molecule has 1 heterocycles. The molecule has 0 N–H and O–H groups in total. The number of rotatable bonds is 3. The molecule has 0 radical (unpaired) electrons. The molecule has 7 heteroatoms. The van der Waals surface area contributed by atoms with Crippen molar-refractivity contribution < 1.29 is 17.9 Å². The largest absolute Gasteiger partial charge is 0.573 e. The maximum atomic E-state index is 12.0. The quantitative estimate of drug-likeness (QED) is 0.858. The molecular weight excluding hydrogens is 259 g/mol. The molecule has 0 aliphatic carbocycles. The molecule has 2 aromatic rings. The molecule has 19 heavy (non-hydrogen) atoms. The zero-order valence-electron chi connectivity index (χ0n) is 9.98. The van der Waals surface area contributed by atoms with Gasteiger partial charge in [0.15, 0.2) is 0 Å². The Labute approximate surface area is 107 Å². The zero-order valence-corrected chi connectivity index (χ0v) is 9.98. The number of aromatic nitrogens is 3. The van der Waals surface area contributed by atoms with Crippen LogP contribution in [0.5, 0.6) is 5.75 Å². The van der Waals surface area contributed by atoms with Gasteiger partial charge in [-0.1, -0.05) is 11.8 Å². The van der Waals surface area contributed by atoms with Crippen molar-refractivity contribution in [3.63, 3.8) is 0 Å². The molecule has 0 saturated heterocycles. The Morgan fingerprint density at radius 3 is 2.42 bits per heavy atom. The van der Waals surface area contributed by atoms with Crippen LogP contribution in [0.1, 0.15) is 6.92 Å². The fraction of sp³-hybridized carbons (Fsp3) is 0.167. The summed E-state index contributed by atoms with van der Waals surface area (Å²) in [5, 5.41) is 7.57. The van der Waals surface area contributed by atoms with Gasteiger partial charge in [-0.3, -0.25) is 0 Å². The summed E-state index contributed by atoms with van der Waals surface area (Å²) < 4.78 is 41.4. The van der Waals surface area contributed by atoms with Gasteiger partial charge >= 0.3 is 6.36 Å². The molecule has 0 saturated carbocycles. The van der Waals surface area contributed by atoms with Gasteiger partial charge in [0.2, 0.25) is 0 Å². The summed E-state index contributed by atoms with van der Waals surface area (Å²) >= 11 is 0. The van der Waals surface area contributed by atoms with Crippen LogP contribution in [0, 0.1) is 0 Å². The van der Waals surface area contributed by atoms with Crippen molar-refractivity contribution in [2.24, 2.45) is 0 Å². The van der Waals surface area contributed by atoms with Crippen LogP contribution < -0.4 is 4.74 Å². The van der Waals surface area contributed by atoms with Crippen LogP contribution >= 0.6 is 0 Å². The third kappa shape index (κ3) is 3.12. The van der Waals surface area contributed by atoms with Crippen LogP contribution in [0.3, 0.4) is 0 Å². The number of hydrogen-bond donors (Lipinski definition) is 0. The Morgan fingerprint density at radius 2 is 1.89 bits per heavy atom. The van der Waals surface area contributed by atoms with Crippen LogP contribution in [0.2, 0.25) is 0 Å². The van der Waals surface area contributed by atoms with Gasteiger partial charge in [-0.05, 0) is 31.2 Å². The fourth-order valence-electron chi connectivity index (χ4n) is 1.54. The number of halogens is 3. The molecule has 2 rings (SSSR count). The summed E-state index contributed by atoms with van der Waals surface area (Å²) in [6.45, 7) is 5.49. The predicted molar refractivity (Wildman–Crippen MR) is 63.1 cm³/mol. The number of nitrogens with zero attached hydrogens (tertiary/aromatic N) is 3. The number of ether oxygens (including phenoxy) is 1. The maximum Gasteiger partial charge on any atom is 0.573 e. The molecule has 0 aliphatic rings. The predicted octanol–water partition coefficient (Wildman–Crippen LogP) is 3.33. The lowest BCUT2D eigenvalue weighted by molar-refractivity contribution is -0.274. The van der Waals surface area contributed by atoms with E-state index < -0.39 is 6.36 Å². The van der Waals surface area contributed by atoms with E-state index in [0.29, 0.717) is 17.0 Å². The van der Waals surface area contributed by atoms with Gasteiger partial charge in [0, 0.05) is 11.3 Å². The fourth-order valence-corrected chi connectivity index (χ4v) is 1.54. The molecule has 1 aromatic heterocycles. The lowest BCUT2D eigenvalue weighted by atomic mass is 10.1. The summed E-state index contributed by atoms with van der Waals surface area (Å²) in [6, 6.07) is 5.47. The van der Waals surface area contributed by atoms with Crippen molar-refractivity contribution in [3.8, 4) is 17.0 Å². The first-order chi connectivity index (χ1) is 8.87. The lowest BCUT2D eigenvalue weighted by Gasteiger charge is -2.09. The van der Waals surface area contributed by atoms with Crippen molar-refractivity contribution in [2.75, 3.05) is 0 Å². The third-order valence-electron chi connectivity index (χ3n) is 2.29. The van der Waals surface area contributed by atoms with E-state index in [4.69, 9.17) is 0 Å². The van der Waals surface area contributed by atoms with Gasteiger partial charge in [0.1, 0.15) is 5.75 Å². The monoisotopic (exact) mass is 269 g/mol. The second kappa shape index (κ2) is 4.75. The minimum atomic E-state index is -4.69. The summed E-state index contributed by atoms with van der Waals surface area (Å²) in [5.74, 6) is -0.273. The number of alkyl halides is 3. The van der Waals surface area contributed by atoms with Crippen LogP contribution in [0.15, 0.2) is 37.0 Å². The summed E-state index contributed by atoms with van der Waals surface area (Å²) in [6.07, 6.45) is -3.18. The van der Waals surface area contributed by atoms with Crippen molar-refractivity contribution in [1.29, 1.82) is 0 Å². The SMILES string of the molecule is C=C(C)n1nncc1-c1ccc(OC(F)(F)F)cc1. The first kappa shape index (κ1) is 13.1. The first-order valence-corrected chi connectivity index (χ1v) is 5.29. The average Bonchev–Trinajstić information content (AvgIpc) is 2.76. The van der Waals surface area contributed by atoms with Crippen LogP contribution in [0.4, 0.5) is 13.2 Å². The van der Waals surface area contributed by atoms with Gasteiger partial charge in [0.25, 0.3) is 0 Å². The smallest absolute Gasteiger partial charge is 0.406 e. The molecule has 0 fully saturated rings. The maximum absolute atomic E-state index is 12.0. The van der Waals surface area contributed by atoms with E-state index in [9.17, 15) is 13.2 Å². The minimum Gasteiger partial charge on any atom is -0.406 e. The van der Waals surface area contributed by atoms with E-state index in [-0.39, 0.29) is 5.75 Å². The second-order valence-corrected chi connectivity index (χ2v) is 3.84. The van der Waals surface area contributed by atoms with Crippen molar-refractivity contribution >= 4 is 5.70 Å². The van der Waals surface area contributed by atoms with E-state index in [1.807, 2.05) is 0 Å². The van der Waals surface area contributed by atoms with Crippen LogP contribution in [0.25, 0.3) is 17.0 Å². The first-order valence-electron chi connectivity index (χ1n) is 5.29. The highest BCUT2D eigenvalue weighted by Crippen LogP contribution is 2.26. The molecule has 0 atom stereocenters. The Kier molecular flexibility index (Phi) is 3.28. The zero-order chi connectivity index (χ0) is 14.0. The molecule has 100 valence electrons. The van der Waals surface area contributed by atoms with Gasteiger partial charge in [0.05, 0.1) is 11.9 Å². The number of hydrogen-bond acceptors (Lipinski definition) is 3. The summed E-state index contributed by atoms with van der Waals surface area (Å²) in [4.78, 5) is 0. The van der Waals surface area contributed by atoms with Crippen molar-refractivity contribution in [3.05, 3.63) is 37.0 Å². The number of allylic oxidation sites excluding steroid dienone is 1. The van der Waals surface area contributed by atoms with Gasteiger partial charge in [-0.15, -0.1) is 18.3 Å². The third-order valence-corrected chi connectivity index (χ3v) is 2.29. The average molecular weight is 269 g/mol. The highest BCUT2D eigenvalue weighted by Gasteiger charge is 2.30. The Hall–Kier alpha value is -2.31. The summed E-state index contributed by atoms with van der Waals surface area (Å²) in [7, 11) is 0. The van der Waals surface area contributed by atoms with Gasteiger partial charge in [-0.25, -0.2) is 4.68 Å². The van der Waals surface area contributed by atoms with Gasteiger partial charge in [-0.2, -0.15) is 0 Å². The highest BCUT2D eigenvalue weighted by molar-refractivity contribution is 5.63. The molecule has 0 unspecified atom stereocenters. The Bertz CT molecular complexity index is 587. The Morgan fingerprint density at radius 1 is 1.26 bits per heavy atom. The van der Waals surface area contributed by atoms with Crippen LogP contribution in [-0.4, -0.2) is 21.4 Å².